The molecule has 8 rings (SSSR count). The molecule has 2 amide bonds. The highest BCUT2D eigenvalue weighted by atomic mass is 35.5. The van der Waals surface area contributed by atoms with Crippen LogP contribution in [-0.2, 0) is 24.1 Å². The molecule has 0 aromatic heterocycles. The van der Waals surface area contributed by atoms with Crippen LogP contribution in [0, 0.1) is 11.8 Å². The van der Waals surface area contributed by atoms with Crippen LogP contribution in [0.5, 0.6) is 0 Å². The number of alkyl halides is 2. The molecule has 1 aliphatic heterocycles. The quantitative estimate of drug-likeness (QED) is 0.118. The van der Waals surface area contributed by atoms with Gasteiger partial charge in [-0.05, 0) is 53.4 Å². The summed E-state index contributed by atoms with van der Waals surface area (Å²) in [5, 5.41) is 0. The summed E-state index contributed by atoms with van der Waals surface area (Å²) in [6, 6.07) is 29.4. The van der Waals surface area contributed by atoms with Crippen molar-refractivity contribution in [3.05, 3.63) is 137 Å². The number of hydrogen-bond donors (Lipinski definition) is 0. The molecule has 3 atom stereocenters. The van der Waals surface area contributed by atoms with Gasteiger partial charge in [-0.25, -0.2) is 9.69 Å². The number of Topliss-reactive ketones (excluding diaryl/α,β-unsaturated/α-hetero) is 1. The van der Waals surface area contributed by atoms with Crippen LogP contribution in [0.2, 0.25) is 0 Å². The fourth-order valence-electron chi connectivity index (χ4n) is 6.79. The van der Waals surface area contributed by atoms with Gasteiger partial charge in [-0.15, -0.1) is 23.2 Å². The van der Waals surface area contributed by atoms with Crippen LogP contribution in [0.15, 0.2) is 103 Å². The SMILES string of the molecule is C[C@@H](OC(=O)c1ccc(N2C(=O)[C@@H]3[C@H](C2=O)C2(Cl)c4ccccc4C3(Cl)c3ccccc32)cc1)C(=O)c1ccccc1. The molecular formula is C34H23Cl2NO5. The molecule has 1 heterocycles. The molecule has 208 valence electrons. The second-order valence-corrected chi connectivity index (χ2v) is 12.0. The first kappa shape index (κ1) is 26.6. The molecule has 0 N–H and O–H groups in total. The third-order valence-electron chi connectivity index (χ3n) is 8.66. The van der Waals surface area contributed by atoms with Crippen LogP contribution in [0.3, 0.4) is 0 Å². The van der Waals surface area contributed by atoms with Gasteiger partial charge in [-0.3, -0.25) is 14.4 Å². The van der Waals surface area contributed by atoms with Gasteiger partial charge in [0.2, 0.25) is 17.6 Å². The molecule has 2 bridgehead atoms. The van der Waals surface area contributed by atoms with Gasteiger partial charge in [0.25, 0.3) is 0 Å². The topological polar surface area (TPSA) is 80.8 Å². The van der Waals surface area contributed by atoms with Crippen molar-refractivity contribution in [2.75, 3.05) is 4.90 Å². The molecule has 0 radical (unpaired) electrons. The fourth-order valence-corrected chi connectivity index (χ4v) is 7.89. The molecule has 8 heteroatoms. The normalized spacial score (nSPS) is 25.8. The van der Waals surface area contributed by atoms with Crippen molar-refractivity contribution in [3.8, 4) is 0 Å². The van der Waals surface area contributed by atoms with Crippen molar-refractivity contribution in [2.45, 2.75) is 22.8 Å². The van der Waals surface area contributed by atoms with Crippen molar-refractivity contribution in [2.24, 2.45) is 11.8 Å². The van der Waals surface area contributed by atoms with Crippen LogP contribution in [-0.4, -0.2) is 29.7 Å². The van der Waals surface area contributed by atoms with E-state index in [9.17, 15) is 19.2 Å². The minimum absolute atomic E-state index is 0.172. The lowest BCUT2D eigenvalue weighted by molar-refractivity contribution is -0.122. The summed E-state index contributed by atoms with van der Waals surface area (Å²) in [6.07, 6.45) is -0.997. The molecular weight excluding hydrogens is 573 g/mol. The number of rotatable bonds is 5. The predicted molar refractivity (Wildman–Crippen MR) is 158 cm³/mol. The molecule has 4 aromatic carbocycles. The summed E-state index contributed by atoms with van der Waals surface area (Å²) in [4.78, 5) is 52.3. The van der Waals surface area contributed by atoms with Crippen molar-refractivity contribution >= 4 is 52.5 Å². The van der Waals surface area contributed by atoms with E-state index in [0.717, 1.165) is 27.2 Å². The molecule has 6 nitrogen and oxygen atoms in total. The zero-order valence-corrected chi connectivity index (χ0v) is 23.8. The number of ketones is 1. The summed E-state index contributed by atoms with van der Waals surface area (Å²) < 4.78 is 5.40. The number of hydrogen-bond acceptors (Lipinski definition) is 5. The Balaban J connectivity index is 1.20. The Kier molecular flexibility index (Phi) is 5.95. The number of anilines is 1. The van der Waals surface area contributed by atoms with E-state index in [1.165, 1.54) is 31.2 Å². The Morgan fingerprint density at radius 2 is 1.10 bits per heavy atom. The first-order chi connectivity index (χ1) is 20.2. The van der Waals surface area contributed by atoms with Gasteiger partial charge >= 0.3 is 5.97 Å². The number of imide groups is 1. The van der Waals surface area contributed by atoms with Gasteiger partial charge in [-0.2, -0.15) is 0 Å². The van der Waals surface area contributed by atoms with E-state index in [1.54, 1.807) is 30.3 Å². The Morgan fingerprint density at radius 3 is 1.55 bits per heavy atom. The van der Waals surface area contributed by atoms with E-state index in [-0.39, 0.29) is 17.0 Å². The molecule has 3 aliphatic carbocycles. The highest BCUT2D eigenvalue weighted by molar-refractivity contribution is 6.38. The van der Waals surface area contributed by atoms with Crippen molar-refractivity contribution < 1.29 is 23.9 Å². The second-order valence-electron chi connectivity index (χ2n) is 10.8. The van der Waals surface area contributed by atoms with Gasteiger partial charge in [0.05, 0.1) is 23.1 Å². The third-order valence-corrected chi connectivity index (χ3v) is 9.94. The monoisotopic (exact) mass is 595 g/mol. The third kappa shape index (κ3) is 3.45. The predicted octanol–water partition coefficient (Wildman–Crippen LogP) is 6.21. The summed E-state index contributed by atoms with van der Waals surface area (Å²) in [6.45, 7) is 1.51. The Bertz CT molecular complexity index is 1680. The zero-order chi connectivity index (χ0) is 29.4. The largest absolute Gasteiger partial charge is 0.451 e. The second kappa shape index (κ2) is 9.38. The summed E-state index contributed by atoms with van der Waals surface area (Å²) >= 11 is 14.9. The van der Waals surface area contributed by atoms with Crippen LogP contribution in [0.4, 0.5) is 5.69 Å². The van der Waals surface area contributed by atoms with Gasteiger partial charge in [0.15, 0.2) is 6.10 Å². The van der Waals surface area contributed by atoms with E-state index in [1.807, 2.05) is 48.5 Å². The number of carbonyl (C=O) groups is 4. The minimum atomic E-state index is -1.28. The standard InChI is InChI=1S/C34H23Cl2NO5/c1-19(29(38)20-9-3-2-4-10-20)42-32(41)21-15-17-22(18-16-21)37-30(39)27-28(31(37)40)34(36)24-12-6-5-11-23(24)33(27,35)25-13-7-8-14-26(25)34/h2-19,27-28H,1H3/t19-,27-,28+,33?,34?/m1/s1. The van der Waals surface area contributed by atoms with Gasteiger partial charge in [0, 0.05) is 5.56 Å². The number of ether oxygens (including phenoxy) is 1. The lowest BCUT2D eigenvalue weighted by Gasteiger charge is -2.54. The maximum absolute atomic E-state index is 14.1. The summed E-state index contributed by atoms with van der Waals surface area (Å²) in [5.74, 6) is -3.78. The minimum Gasteiger partial charge on any atom is -0.451 e. The van der Waals surface area contributed by atoms with Crippen molar-refractivity contribution in [1.82, 2.24) is 0 Å². The van der Waals surface area contributed by atoms with Crippen molar-refractivity contribution in [3.63, 3.8) is 0 Å². The molecule has 0 saturated carbocycles. The van der Waals surface area contributed by atoms with E-state index in [4.69, 9.17) is 27.9 Å². The molecule has 0 spiro atoms. The number of carbonyl (C=O) groups excluding carboxylic acids is 4. The highest BCUT2D eigenvalue weighted by Crippen LogP contribution is 2.69. The van der Waals surface area contributed by atoms with Crippen LogP contribution >= 0.6 is 23.2 Å². The van der Waals surface area contributed by atoms with E-state index in [0.29, 0.717) is 5.56 Å². The smallest absolute Gasteiger partial charge is 0.338 e. The first-order valence-corrected chi connectivity index (χ1v) is 14.3. The van der Waals surface area contributed by atoms with Gasteiger partial charge < -0.3 is 4.74 Å². The molecule has 1 fully saturated rings. The maximum Gasteiger partial charge on any atom is 0.338 e. The number of esters is 1. The lowest BCUT2D eigenvalue weighted by atomic mass is 9.54. The molecule has 4 aromatic rings. The van der Waals surface area contributed by atoms with Crippen LogP contribution < -0.4 is 4.90 Å². The highest BCUT2D eigenvalue weighted by Gasteiger charge is 2.73. The number of nitrogens with zero attached hydrogens (tertiary/aromatic N) is 1. The summed E-state index contributed by atoms with van der Waals surface area (Å²) in [7, 11) is 0. The zero-order valence-electron chi connectivity index (χ0n) is 22.3. The average molecular weight is 596 g/mol. The Labute approximate surface area is 251 Å². The Hall–Kier alpha value is -4.26. The van der Waals surface area contributed by atoms with E-state index >= 15 is 0 Å². The van der Waals surface area contributed by atoms with Crippen molar-refractivity contribution in [1.29, 1.82) is 0 Å². The van der Waals surface area contributed by atoms with Crippen LogP contribution in [0.25, 0.3) is 0 Å². The first-order valence-electron chi connectivity index (χ1n) is 13.5. The van der Waals surface area contributed by atoms with Gasteiger partial charge in [-0.1, -0.05) is 78.9 Å². The fraction of sp³-hybridized carbons (Fsp3) is 0.176. The van der Waals surface area contributed by atoms with Crippen LogP contribution in [0.1, 0.15) is 49.9 Å². The van der Waals surface area contributed by atoms with E-state index in [2.05, 4.69) is 0 Å². The average Bonchev–Trinajstić information content (AvgIpc) is 3.30. The summed E-state index contributed by atoms with van der Waals surface area (Å²) in [5.41, 5.74) is 3.79. The van der Waals surface area contributed by atoms with E-state index < -0.39 is 45.5 Å². The number of halogens is 2. The van der Waals surface area contributed by atoms with Gasteiger partial charge in [0.1, 0.15) is 9.75 Å². The molecule has 0 unspecified atom stereocenters. The molecule has 4 aliphatic rings. The number of benzene rings is 4. The number of amides is 2. The molecule has 42 heavy (non-hydrogen) atoms. The molecule has 1 saturated heterocycles. The lowest BCUT2D eigenvalue weighted by Crippen LogP contribution is -2.57. The maximum atomic E-state index is 14.1. The Morgan fingerprint density at radius 1 is 0.667 bits per heavy atom.